The zero-order valence-corrected chi connectivity index (χ0v) is 17.2. The Morgan fingerprint density at radius 1 is 1.32 bits per heavy atom. The van der Waals surface area contributed by atoms with E-state index >= 15 is 0 Å². The molecule has 0 saturated carbocycles. The summed E-state index contributed by atoms with van der Waals surface area (Å²) in [6.45, 7) is 10.4. The van der Waals surface area contributed by atoms with Crippen LogP contribution in [0.25, 0.3) is 10.9 Å². The molecule has 2 aromatic rings. The highest BCUT2D eigenvalue weighted by Gasteiger charge is 2.44. The summed E-state index contributed by atoms with van der Waals surface area (Å²) >= 11 is 0. The first-order chi connectivity index (χ1) is 13.1. The first-order valence-electron chi connectivity index (χ1n) is 9.82. The third-order valence-electron chi connectivity index (χ3n) is 5.07. The van der Waals surface area contributed by atoms with Crippen molar-refractivity contribution in [3.05, 3.63) is 35.5 Å². The third kappa shape index (κ3) is 3.74. The van der Waals surface area contributed by atoms with Crippen molar-refractivity contribution in [3.63, 3.8) is 0 Å². The summed E-state index contributed by atoms with van der Waals surface area (Å²) in [4.78, 5) is 22.2. The predicted molar refractivity (Wildman–Crippen MR) is 106 cm³/mol. The van der Waals surface area contributed by atoms with Gasteiger partial charge in [-0.1, -0.05) is 18.2 Å². The maximum atomic E-state index is 12.5. The highest BCUT2D eigenvalue weighted by molar-refractivity contribution is 5.85. The summed E-state index contributed by atoms with van der Waals surface area (Å²) < 4.78 is 11.5. The number of benzene rings is 1. The van der Waals surface area contributed by atoms with Crippen LogP contribution in [-0.4, -0.2) is 46.7 Å². The highest BCUT2D eigenvalue weighted by atomic mass is 16.8. The Balaban J connectivity index is 1.71. The van der Waals surface area contributed by atoms with Gasteiger partial charge in [0.05, 0.1) is 18.7 Å². The summed E-state index contributed by atoms with van der Waals surface area (Å²) in [5.41, 5.74) is 2.87. The van der Waals surface area contributed by atoms with Crippen LogP contribution in [0.5, 0.6) is 0 Å². The number of rotatable bonds is 1. The molecule has 1 aromatic carbocycles. The van der Waals surface area contributed by atoms with E-state index in [1.54, 1.807) is 0 Å². The molecular weight excluding hydrogens is 358 g/mol. The number of ether oxygens (including phenoxy) is 2. The number of amides is 1. The number of carbonyl (C=O) groups excluding carboxylic acids is 1. The molecule has 4 rings (SSSR count). The predicted octanol–water partition coefficient (Wildman–Crippen LogP) is 3.66. The monoisotopic (exact) mass is 387 g/mol. The van der Waals surface area contributed by atoms with E-state index in [9.17, 15) is 4.79 Å². The number of hydroxylamine groups is 2. The second-order valence-corrected chi connectivity index (χ2v) is 8.95. The van der Waals surface area contributed by atoms with Crippen molar-refractivity contribution in [3.8, 4) is 0 Å². The molecule has 1 aromatic heterocycles. The quantitative estimate of drug-likeness (QED) is 0.781. The van der Waals surface area contributed by atoms with Crippen LogP contribution in [0.3, 0.4) is 0 Å². The van der Waals surface area contributed by atoms with Crippen LogP contribution in [0.2, 0.25) is 0 Å². The van der Waals surface area contributed by atoms with E-state index < -0.39 is 17.5 Å². The standard InChI is InChI=1S/C21H29N3O4/c1-20(2,3)27-19(25)23-16-12-26-21(4,5)28-24-11-10-14-13-8-6-7-9-15(13)22-17(14)18(16)24/h6-9,16,18,22H,10-12H2,1-5H3,(H,23,25)/t16-,18+/m0/s1. The number of aromatic nitrogens is 1. The number of alkyl carbamates (subject to hydrolysis) is 1. The van der Waals surface area contributed by atoms with Crippen LogP contribution in [0, 0.1) is 0 Å². The van der Waals surface area contributed by atoms with E-state index in [2.05, 4.69) is 28.5 Å². The van der Waals surface area contributed by atoms with Gasteiger partial charge in [0.25, 0.3) is 0 Å². The van der Waals surface area contributed by atoms with E-state index in [1.165, 1.54) is 10.9 Å². The maximum absolute atomic E-state index is 12.5. The Bertz CT molecular complexity index is 883. The summed E-state index contributed by atoms with van der Waals surface area (Å²) in [6, 6.07) is 7.78. The van der Waals surface area contributed by atoms with Gasteiger partial charge in [-0.05, 0) is 52.7 Å². The number of nitrogens with one attached hydrogen (secondary N) is 2. The van der Waals surface area contributed by atoms with Crippen LogP contribution < -0.4 is 5.32 Å². The number of fused-ring (bicyclic) bond motifs is 5. The molecule has 1 fully saturated rings. The van der Waals surface area contributed by atoms with Crippen molar-refractivity contribution in [1.82, 2.24) is 15.4 Å². The van der Waals surface area contributed by atoms with Gasteiger partial charge in [-0.25, -0.2) is 4.79 Å². The molecule has 0 aliphatic carbocycles. The van der Waals surface area contributed by atoms with E-state index in [4.69, 9.17) is 14.3 Å². The van der Waals surface area contributed by atoms with E-state index in [0.29, 0.717) is 6.61 Å². The zero-order chi connectivity index (χ0) is 20.1. The topological polar surface area (TPSA) is 75.8 Å². The Labute approximate surface area is 165 Å². The third-order valence-corrected chi connectivity index (χ3v) is 5.07. The lowest BCUT2D eigenvalue weighted by atomic mass is 9.94. The van der Waals surface area contributed by atoms with Gasteiger partial charge in [0.1, 0.15) is 5.60 Å². The van der Waals surface area contributed by atoms with Crippen LogP contribution in [0.1, 0.15) is 51.9 Å². The molecule has 2 aliphatic heterocycles. The molecule has 2 atom stereocenters. The minimum atomic E-state index is -0.772. The number of hydrogen-bond acceptors (Lipinski definition) is 5. The molecule has 2 N–H and O–H groups in total. The van der Waals surface area contributed by atoms with Crippen molar-refractivity contribution in [2.45, 2.75) is 64.5 Å². The van der Waals surface area contributed by atoms with E-state index in [1.807, 2.05) is 45.7 Å². The molecule has 152 valence electrons. The summed E-state index contributed by atoms with van der Waals surface area (Å²) in [5, 5.41) is 6.17. The van der Waals surface area contributed by atoms with Gasteiger partial charge in [-0.2, -0.15) is 5.06 Å². The molecule has 1 saturated heterocycles. The van der Waals surface area contributed by atoms with Gasteiger partial charge < -0.3 is 19.8 Å². The van der Waals surface area contributed by atoms with Crippen LogP contribution in [-0.2, 0) is 20.7 Å². The minimum absolute atomic E-state index is 0.189. The molecule has 28 heavy (non-hydrogen) atoms. The van der Waals surface area contributed by atoms with Crippen molar-refractivity contribution in [2.24, 2.45) is 0 Å². The number of para-hydroxylation sites is 1. The minimum Gasteiger partial charge on any atom is -0.444 e. The smallest absolute Gasteiger partial charge is 0.408 e. The number of nitrogens with zero attached hydrogens (tertiary/aromatic N) is 1. The van der Waals surface area contributed by atoms with Crippen LogP contribution in [0.15, 0.2) is 24.3 Å². The summed E-state index contributed by atoms with van der Waals surface area (Å²) in [5.74, 6) is -0.772. The molecule has 0 radical (unpaired) electrons. The van der Waals surface area contributed by atoms with Crippen molar-refractivity contribution < 1.29 is 19.1 Å². The Morgan fingerprint density at radius 2 is 2.07 bits per heavy atom. The Morgan fingerprint density at radius 3 is 2.82 bits per heavy atom. The SMILES string of the molecule is CC(C)(C)OC(=O)N[C@H]1COC(C)(C)ON2CCc3c([nH]c4ccccc34)[C@@H]12. The lowest BCUT2D eigenvalue weighted by Crippen LogP contribution is -2.50. The molecule has 0 spiro atoms. The van der Waals surface area contributed by atoms with E-state index in [0.717, 1.165) is 24.2 Å². The molecule has 7 heteroatoms. The highest BCUT2D eigenvalue weighted by Crippen LogP contribution is 2.39. The summed E-state index contributed by atoms with van der Waals surface area (Å²) in [7, 11) is 0. The van der Waals surface area contributed by atoms with Crippen molar-refractivity contribution >= 4 is 17.0 Å². The number of aromatic amines is 1. The van der Waals surface area contributed by atoms with Gasteiger partial charge >= 0.3 is 6.09 Å². The second-order valence-electron chi connectivity index (χ2n) is 8.95. The van der Waals surface area contributed by atoms with Gasteiger partial charge in [-0.3, -0.25) is 4.84 Å². The first-order valence-corrected chi connectivity index (χ1v) is 9.82. The van der Waals surface area contributed by atoms with Crippen molar-refractivity contribution in [2.75, 3.05) is 13.2 Å². The van der Waals surface area contributed by atoms with Gasteiger partial charge in [-0.15, -0.1) is 0 Å². The fourth-order valence-corrected chi connectivity index (χ4v) is 4.02. The largest absolute Gasteiger partial charge is 0.444 e. The Kier molecular flexibility index (Phi) is 4.64. The molecular formula is C21H29N3O4. The van der Waals surface area contributed by atoms with Crippen LogP contribution in [0.4, 0.5) is 4.79 Å². The molecule has 1 amide bonds. The molecule has 3 heterocycles. The van der Waals surface area contributed by atoms with Gasteiger partial charge in [0.15, 0.2) is 5.79 Å². The number of carbonyl (C=O) groups is 1. The van der Waals surface area contributed by atoms with E-state index in [-0.39, 0.29) is 12.1 Å². The normalized spacial score (nSPS) is 24.9. The fraction of sp³-hybridized carbons (Fsp3) is 0.571. The second kappa shape index (κ2) is 6.76. The zero-order valence-electron chi connectivity index (χ0n) is 17.2. The Hall–Kier alpha value is -2.09. The van der Waals surface area contributed by atoms with Crippen LogP contribution >= 0.6 is 0 Å². The number of hydrogen-bond donors (Lipinski definition) is 2. The summed E-state index contributed by atoms with van der Waals surface area (Å²) in [6.07, 6.45) is 0.412. The lowest BCUT2D eigenvalue weighted by Gasteiger charge is -2.38. The fourth-order valence-electron chi connectivity index (χ4n) is 4.02. The van der Waals surface area contributed by atoms with Gasteiger partial charge in [0, 0.05) is 23.1 Å². The molecule has 7 nitrogen and oxygen atoms in total. The first kappa shape index (κ1) is 19.2. The molecule has 0 bridgehead atoms. The number of H-pyrrole nitrogens is 1. The average molecular weight is 387 g/mol. The maximum Gasteiger partial charge on any atom is 0.408 e. The molecule has 2 aliphatic rings. The van der Waals surface area contributed by atoms with Gasteiger partial charge in [0.2, 0.25) is 0 Å². The molecule has 0 unspecified atom stereocenters. The van der Waals surface area contributed by atoms with Crippen molar-refractivity contribution in [1.29, 1.82) is 0 Å². The average Bonchev–Trinajstić information content (AvgIpc) is 2.89. The lowest BCUT2D eigenvalue weighted by molar-refractivity contribution is -0.326.